The molecule has 0 aromatic heterocycles. The fourth-order valence-electron chi connectivity index (χ4n) is 1.23. The topological polar surface area (TPSA) is 63.6 Å². The maximum Gasteiger partial charge on any atom is 0.335 e. The lowest BCUT2D eigenvalue weighted by Crippen LogP contribution is -2.03. The van der Waals surface area contributed by atoms with Crippen molar-refractivity contribution in [2.75, 3.05) is 0 Å². The molecule has 4 nitrogen and oxygen atoms in total. The van der Waals surface area contributed by atoms with Crippen molar-refractivity contribution in [2.24, 2.45) is 0 Å². The van der Waals surface area contributed by atoms with Crippen LogP contribution in [-0.2, 0) is 21.5 Å². The number of carbonyl (C=O) groups excluding carboxylic acids is 1. The molecule has 0 fully saturated rings. The zero-order chi connectivity index (χ0) is 12.1. The number of alkyl halides is 1. The van der Waals surface area contributed by atoms with E-state index >= 15 is 0 Å². The minimum absolute atomic E-state index is 0.0937. The number of esters is 1. The second kappa shape index (κ2) is 5.65. The molecule has 0 radical (unpaired) electrons. The SMILES string of the molecule is CC(=O)OCc1cc(CBr)cc(C(=O)O)c1. The first kappa shape index (κ1) is 12.7. The predicted octanol–water partition coefficient (Wildman–Crippen LogP) is 2.34. The Morgan fingerprint density at radius 1 is 1.31 bits per heavy atom. The number of halogens is 1. The number of hydrogen-bond acceptors (Lipinski definition) is 3. The third-order valence-electron chi connectivity index (χ3n) is 1.90. The Morgan fingerprint density at radius 2 is 1.94 bits per heavy atom. The van der Waals surface area contributed by atoms with Crippen LogP contribution in [0.5, 0.6) is 0 Å². The second-order valence-electron chi connectivity index (χ2n) is 3.26. The molecular weight excluding hydrogens is 276 g/mol. The van der Waals surface area contributed by atoms with Gasteiger partial charge in [-0.25, -0.2) is 4.79 Å². The quantitative estimate of drug-likeness (QED) is 0.682. The molecule has 0 spiro atoms. The zero-order valence-electron chi connectivity index (χ0n) is 8.70. The molecule has 0 saturated heterocycles. The first-order valence-corrected chi connectivity index (χ1v) is 5.70. The lowest BCUT2D eigenvalue weighted by Gasteiger charge is -2.06. The molecule has 0 bridgehead atoms. The van der Waals surface area contributed by atoms with Crippen molar-refractivity contribution in [3.63, 3.8) is 0 Å². The third-order valence-corrected chi connectivity index (χ3v) is 2.54. The first-order chi connectivity index (χ1) is 7.52. The maximum absolute atomic E-state index is 10.8. The Balaban J connectivity index is 2.95. The van der Waals surface area contributed by atoms with E-state index in [2.05, 4.69) is 15.9 Å². The monoisotopic (exact) mass is 286 g/mol. The molecule has 0 amide bonds. The van der Waals surface area contributed by atoms with Crippen LogP contribution < -0.4 is 0 Å². The largest absolute Gasteiger partial charge is 0.478 e. The van der Waals surface area contributed by atoms with Gasteiger partial charge in [0, 0.05) is 12.3 Å². The second-order valence-corrected chi connectivity index (χ2v) is 3.82. The van der Waals surface area contributed by atoms with Gasteiger partial charge in [0.1, 0.15) is 6.61 Å². The minimum Gasteiger partial charge on any atom is -0.478 e. The standard InChI is InChI=1S/C11H11BrO4/c1-7(13)16-6-9-2-8(5-12)3-10(4-9)11(14)15/h2-4H,5-6H2,1H3,(H,14,15). The van der Waals surface area contributed by atoms with E-state index in [4.69, 9.17) is 9.84 Å². The van der Waals surface area contributed by atoms with E-state index in [1.165, 1.54) is 13.0 Å². The molecule has 0 atom stereocenters. The highest BCUT2D eigenvalue weighted by Crippen LogP contribution is 2.14. The number of aromatic carboxylic acids is 1. The van der Waals surface area contributed by atoms with Crippen LogP contribution in [0.3, 0.4) is 0 Å². The molecule has 0 aliphatic heterocycles. The summed E-state index contributed by atoms with van der Waals surface area (Å²) in [4.78, 5) is 21.5. The molecule has 16 heavy (non-hydrogen) atoms. The van der Waals surface area contributed by atoms with Gasteiger partial charge in [-0.2, -0.15) is 0 Å². The van der Waals surface area contributed by atoms with E-state index in [-0.39, 0.29) is 18.1 Å². The Kier molecular flexibility index (Phi) is 4.49. The number of hydrogen-bond donors (Lipinski definition) is 1. The van der Waals surface area contributed by atoms with E-state index in [1.54, 1.807) is 12.1 Å². The Morgan fingerprint density at radius 3 is 2.44 bits per heavy atom. The van der Waals surface area contributed by atoms with Gasteiger partial charge in [-0.15, -0.1) is 0 Å². The van der Waals surface area contributed by atoms with Crippen molar-refractivity contribution < 1.29 is 19.4 Å². The summed E-state index contributed by atoms with van der Waals surface area (Å²) in [7, 11) is 0. The number of rotatable bonds is 4. The van der Waals surface area contributed by atoms with Crippen LogP contribution in [0.4, 0.5) is 0 Å². The van der Waals surface area contributed by atoms with Crippen LogP contribution in [-0.4, -0.2) is 17.0 Å². The first-order valence-electron chi connectivity index (χ1n) is 4.58. The Labute approximate surface area is 101 Å². The zero-order valence-corrected chi connectivity index (χ0v) is 10.3. The lowest BCUT2D eigenvalue weighted by atomic mass is 10.1. The van der Waals surface area contributed by atoms with Gasteiger partial charge in [-0.05, 0) is 23.3 Å². The molecule has 0 aliphatic carbocycles. The predicted molar refractivity (Wildman–Crippen MR) is 61.5 cm³/mol. The van der Waals surface area contributed by atoms with Gasteiger partial charge < -0.3 is 9.84 Å². The molecule has 1 aromatic rings. The molecule has 86 valence electrons. The fourth-order valence-corrected chi connectivity index (χ4v) is 1.56. The minimum atomic E-state index is -0.994. The molecule has 0 unspecified atom stereocenters. The van der Waals surface area contributed by atoms with Crippen LogP contribution in [0, 0.1) is 0 Å². The van der Waals surface area contributed by atoms with Crippen LogP contribution >= 0.6 is 15.9 Å². The highest BCUT2D eigenvalue weighted by molar-refractivity contribution is 9.08. The smallest absolute Gasteiger partial charge is 0.335 e. The molecular formula is C11H11BrO4. The summed E-state index contributed by atoms with van der Waals surface area (Å²) >= 11 is 3.25. The number of carboxylic acids is 1. The van der Waals surface area contributed by atoms with Crippen molar-refractivity contribution in [3.05, 3.63) is 34.9 Å². The van der Waals surface area contributed by atoms with Gasteiger partial charge in [0.05, 0.1) is 5.56 Å². The van der Waals surface area contributed by atoms with Gasteiger partial charge in [0.2, 0.25) is 0 Å². The molecule has 1 aromatic carbocycles. The van der Waals surface area contributed by atoms with Crippen molar-refractivity contribution in [2.45, 2.75) is 18.9 Å². The Hall–Kier alpha value is -1.36. The average Bonchev–Trinajstić information content (AvgIpc) is 2.25. The number of carboxylic acid groups (broad SMARTS) is 1. The van der Waals surface area contributed by atoms with E-state index in [0.29, 0.717) is 10.9 Å². The van der Waals surface area contributed by atoms with Crippen LogP contribution in [0.15, 0.2) is 18.2 Å². The van der Waals surface area contributed by atoms with Gasteiger partial charge >= 0.3 is 11.9 Å². The summed E-state index contributed by atoms with van der Waals surface area (Å²) in [5.74, 6) is -1.38. The highest BCUT2D eigenvalue weighted by atomic mass is 79.9. The van der Waals surface area contributed by atoms with Gasteiger partial charge in [-0.1, -0.05) is 22.0 Å². The van der Waals surface area contributed by atoms with Gasteiger partial charge in [-0.3, -0.25) is 4.79 Å². The molecule has 0 saturated carbocycles. The lowest BCUT2D eigenvalue weighted by molar-refractivity contribution is -0.142. The average molecular weight is 287 g/mol. The van der Waals surface area contributed by atoms with Gasteiger partial charge in [0.25, 0.3) is 0 Å². The molecule has 0 aliphatic rings. The maximum atomic E-state index is 10.8. The van der Waals surface area contributed by atoms with Crippen molar-refractivity contribution in [3.8, 4) is 0 Å². The fraction of sp³-hybridized carbons (Fsp3) is 0.273. The van der Waals surface area contributed by atoms with E-state index in [0.717, 1.165) is 5.56 Å². The normalized spacial score (nSPS) is 9.88. The van der Waals surface area contributed by atoms with Gasteiger partial charge in [0.15, 0.2) is 0 Å². The third kappa shape index (κ3) is 3.66. The molecule has 1 N–H and O–H groups in total. The molecule has 1 rings (SSSR count). The van der Waals surface area contributed by atoms with Crippen LogP contribution in [0.1, 0.15) is 28.4 Å². The number of benzene rings is 1. The van der Waals surface area contributed by atoms with Crippen LogP contribution in [0.25, 0.3) is 0 Å². The van der Waals surface area contributed by atoms with Crippen molar-refractivity contribution in [1.29, 1.82) is 0 Å². The van der Waals surface area contributed by atoms with E-state index in [1.807, 2.05) is 0 Å². The molecule has 5 heteroatoms. The number of carbonyl (C=O) groups is 2. The summed E-state index contributed by atoms with van der Waals surface area (Å²) in [6.45, 7) is 1.41. The van der Waals surface area contributed by atoms with Crippen LogP contribution in [0.2, 0.25) is 0 Å². The summed E-state index contributed by atoms with van der Waals surface area (Å²) in [6, 6.07) is 4.87. The van der Waals surface area contributed by atoms with Crippen molar-refractivity contribution in [1.82, 2.24) is 0 Å². The number of ether oxygens (including phenoxy) is 1. The highest BCUT2D eigenvalue weighted by Gasteiger charge is 2.07. The molecule has 0 heterocycles. The van der Waals surface area contributed by atoms with Crippen molar-refractivity contribution >= 4 is 27.9 Å². The van der Waals surface area contributed by atoms with E-state index < -0.39 is 5.97 Å². The summed E-state index contributed by atoms with van der Waals surface area (Å²) in [5, 5.41) is 9.44. The summed E-state index contributed by atoms with van der Waals surface area (Å²) in [5.41, 5.74) is 1.70. The Bertz CT molecular complexity index is 414. The van der Waals surface area contributed by atoms with E-state index in [9.17, 15) is 9.59 Å². The summed E-state index contributed by atoms with van der Waals surface area (Å²) in [6.07, 6.45) is 0. The summed E-state index contributed by atoms with van der Waals surface area (Å²) < 4.78 is 4.81.